The minimum Gasteiger partial charge on any atom is -0.382 e. The molecule has 1 fully saturated rings. The Morgan fingerprint density at radius 2 is 1.76 bits per heavy atom. The fourth-order valence-electron chi connectivity index (χ4n) is 4.08. The number of nitrogens with one attached hydrogen (secondary N) is 1. The Bertz CT molecular complexity index is 479. The van der Waals surface area contributed by atoms with Crippen LogP contribution in [-0.4, -0.2) is 11.0 Å². The number of nitrogens with zero attached hydrogens (tertiary/aromatic N) is 1. The number of pyridine rings is 1. The van der Waals surface area contributed by atoms with E-state index in [1.54, 1.807) is 0 Å². The molecule has 0 unspecified atom stereocenters. The first-order valence-corrected chi connectivity index (χ1v) is 8.77. The molecule has 1 aromatic heterocycles. The molecular formula is C19H30N2. The number of hydrogen-bond acceptors (Lipinski definition) is 2. The van der Waals surface area contributed by atoms with Gasteiger partial charge < -0.3 is 5.32 Å². The highest BCUT2D eigenvalue weighted by Gasteiger charge is 2.30. The Kier molecular flexibility index (Phi) is 4.24. The summed E-state index contributed by atoms with van der Waals surface area (Å²) in [5.41, 5.74) is 4.69. The largest absolute Gasteiger partial charge is 0.382 e. The maximum absolute atomic E-state index is 4.58. The molecule has 2 aliphatic rings. The summed E-state index contributed by atoms with van der Waals surface area (Å²) in [6, 6.07) is 2.86. The topological polar surface area (TPSA) is 24.9 Å². The van der Waals surface area contributed by atoms with Crippen molar-refractivity contribution in [3.05, 3.63) is 23.5 Å². The van der Waals surface area contributed by atoms with Gasteiger partial charge >= 0.3 is 0 Å². The lowest BCUT2D eigenvalue weighted by Crippen LogP contribution is -2.32. The maximum atomic E-state index is 4.58. The van der Waals surface area contributed by atoms with Crippen molar-refractivity contribution in [3.8, 4) is 0 Å². The van der Waals surface area contributed by atoms with E-state index in [0.29, 0.717) is 11.5 Å². The van der Waals surface area contributed by atoms with Gasteiger partial charge in [-0.1, -0.05) is 20.8 Å². The molecule has 2 heteroatoms. The molecule has 0 aromatic carbocycles. The Labute approximate surface area is 129 Å². The molecule has 0 atom stereocenters. The average Bonchev–Trinajstić information content (AvgIpc) is 2.47. The van der Waals surface area contributed by atoms with E-state index in [1.807, 2.05) is 6.20 Å². The van der Waals surface area contributed by atoms with Crippen LogP contribution in [0.15, 0.2) is 12.3 Å². The lowest BCUT2D eigenvalue weighted by atomic mass is 9.71. The van der Waals surface area contributed by atoms with E-state index in [-0.39, 0.29) is 0 Å². The van der Waals surface area contributed by atoms with Crippen LogP contribution in [0.5, 0.6) is 0 Å². The third kappa shape index (κ3) is 3.41. The highest BCUT2D eigenvalue weighted by molar-refractivity contribution is 5.54. The average molecular weight is 286 g/mol. The molecule has 1 aromatic rings. The minimum atomic E-state index is 0.473. The fourth-order valence-corrected chi connectivity index (χ4v) is 4.08. The molecule has 0 saturated heterocycles. The molecule has 0 amide bonds. The summed E-state index contributed by atoms with van der Waals surface area (Å²) < 4.78 is 0. The molecule has 1 heterocycles. The Morgan fingerprint density at radius 3 is 2.48 bits per heavy atom. The van der Waals surface area contributed by atoms with E-state index in [4.69, 9.17) is 0 Å². The molecule has 116 valence electrons. The lowest BCUT2D eigenvalue weighted by molar-refractivity contribution is 0.173. The Hall–Kier alpha value is -1.05. The van der Waals surface area contributed by atoms with Gasteiger partial charge in [-0.3, -0.25) is 4.98 Å². The molecule has 1 N–H and O–H groups in total. The zero-order valence-corrected chi connectivity index (χ0v) is 13.9. The standard InChI is InChI=1S/C19H30N2/c1-19(2,3)14-8-10-15(11-9-14)21-18-12-13-20-17-7-5-4-6-16(17)18/h12-15H,4-11H2,1-3H3,(H,20,21). The third-order valence-electron chi connectivity index (χ3n) is 5.55. The summed E-state index contributed by atoms with van der Waals surface area (Å²) in [4.78, 5) is 4.58. The van der Waals surface area contributed by atoms with Crippen LogP contribution in [0.1, 0.15) is 70.6 Å². The Balaban J connectivity index is 1.64. The van der Waals surface area contributed by atoms with E-state index in [9.17, 15) is 0 Å². The zero-order valence-electron chi connectivity index (χ0n) is 13.9. The molecular weight excluding hydrogens is 256 g/mol. The van der Waals surface area contributed by atoms with Crippen LogP contribution in [0.3, 0.4) is 0 Å². The van der Waals surface area contributed by atoms with Crippen LogP contribution < -0.4 is 5.32 Å². The predicted octanol–water partition coefficient (Wildman–Crippen LogP) is 4.98. The van der Waals surface area contributed by atoms with Crippen molar-refractivity contribution in [2.24, 2.45) is 11.3 Å². The highest BCUT2D eigenvalue weighted by atomic mass is 14.9. The first-order valence-electron chi connectivity index (χ1n) is 8.77. The molecule has 2 nitrogen and oxygen atoms in total. The molecule has 3 rings (SSSR count). The fraction of sp³-hybridized carbons (Fsp3) is 0.737. The smallest absolute Gasteiger partial charge is 0.0456 e. The van der Waals surface area contributed by atoms with Gasteiger partial charge in [-0.05, 0) is 74.3 Å². The van der Waals surface area contributed by atoms with Gasteiger partial charge in [0.05, 0.1) is 0 Å². The zero-order chi connectivity index (χ0) is 14.9. The first-order chi connectivity index (χ1) is 10.0. The van der Waals surface area contributed by atoms with Gasteiger partial charge in [0.1, 0.15) is 0 Å². The van der Waals surface area contributed by atoms with Crippen molar-refractivity contribution in [2.45, 2.75) is 78.2 Å². The summed E-state index contributed by atoms with van der Waals surface area (Å²) in [6.45, 7) is 7.18. The summed E-state index contributed by atoms with van der Waals surface area (Å²) in [5.74, 6) is 0.891. The first kappa shape index (κ1) is 14.9. The molecule has 21 heavy (non-hydrogen) atoms. The number of hydrogen-bond donors (Lipinski definition) is 1. The number of aromatic nitrogens is 1. The van der Waals surface area contributed by atoms with Crippen molar-refractivity contribution in [1.82, 2.24) is 4.98 Å². The van der Waals surface area contributed by atoms with Gasteiger partial charge in [-0.15, -0.1) is 0 Å². The van der Waals surface area contributed by atoms with Gasteiger partial charge in [-0.25, -0.2) is 0 Å². The van der Waals surface area contributed by atoms with E-state index in [2.05, 4.69) is 37.1 Å². The number of aryl methyl sites for hydroxylation is 1. The molecule has 0 aliphatic heterocycles. The number of rotatable bonds is 2. The van der Waals surface area contributed by atoms with E-state index in [1.165, 1.54) is 68.3 Å². The minimum absolute atomic E-state index is 0.473. The van der Waals surface area contributed by atoms with Crippen LogP contribution in [0, 0.1) is 11.3 Å². The second-order valence-corrected chi connectivity index (χ2v) is 8.05. The monoisotopic (exact) mass is 286 g/mol. The van der Waals surface area contributed by atoms with Gasteiger partial charge in [0.25, 0.3) is 0 Å². The summed E-state index contributed by atoms with van der Waals surface area (Å²) in [6.07, 6.45) is 12.4. The van der Waals surface area contributed by atoms with Gasteiger partial charge in [0, 0.05) is 23.6 Å². The van der Waals surface area contributed by atoms with Crippen molar-refractivity contribution < 1.29 is 0 Å². The van der Waals surface area contributed by atoms with E-state index in [0.717, 1.165) is 5.92 Å². The second kappa shape index (κ2) is 5.98. The third-order valence-corrected chi connectivity index (χ3v) is 5.55. The number of anilines is 1. The van der Waals surface area contributed by atoms with Gasteiger partial charge in [0.2, 0.25) is 0 Å². The predicted molar refractivity (Wildman–Crippen MR) is 89.7 cm³/mol. The number of fused-ring (bicyclic) bond motifs is 1. The van der Waals surface area contributed by atoms with Crippen molar-refractivity contribution in [1.29, 1.82) is 0 Å². The van der Waals surface area contributed by atoms with Gasteiger partial charge in [0.15, 0.2) is 0 Å². The molecule has 1 saturated carbocycles. The molecule has 0 bridgehead atoms. The summed E-state index contributed by atoms with van der Waals surface area (Å²) in [5, 5.41) is 3.84. The highest BCUT2D eigenvalue weighted by Crippen LogP contribution is 2.39. The summed E-state index contributed by atoms with van der Waals surface area (Å²) in [7, 11) is 0. The summed E-state index contributed by atoms with van der Waals surface area (Å²) >= 11 is 0. The van der Waals surface area contributed by atoms with E-state index >= 15 is 0 Å². The molecule has 0 radical (unpaired) electrons. The normalized spacial score (nSPS) is 26.2. The second-order valence-electron chi connectivity index (χ2n) is 8.05. The quantitative estimate of drug-likeness (QED) is 0.829. The van der Waals surface area contributed by atoms with Crippen molar-refractivity contribution in [3.63, 3.8) is 0 Å². The van der Waals surface area contributed by atoms with Crippen LogP contribution >= 0.6 is 0 Å². The van der Waals surface area contributed by atoms with Gasteiger partial charge in [-0.2, -0.15) is 0 Å². The van der Waals surface area contributed by atoms with Crippen LogP contribution in [-0.2, 0) is 12.8 Å². The SMILES string of the molecule is CC(C)(C)C1CCC(Nc2ccnc3c2CCCC3)CC1. The van der Waals surface area contributed by atoms with E-state index < -0.39 is 0 Å². The van der Waals surface area contributed by atoms with Crippen molar-refractivity contribution >= 4 is 5.69 Å². The van der Waals surface area contributed by atoms with Crippen molar-refractivity contribution in [2.75, 3.05) is 5.32 Å². The van der Waals surface area contributed by atoms with Crippen LogP contribution in [0.4, 0.5) is 5.69 Å². The molecule has 2 aliphatic carbocycles. The Morgan fingerprint density at radius 1 is 1.05 bits per heavy atom. The lowest BCUT2D eigenvalue weighted by Gasteiger charge is -2.37. The van der Waals surface area contributed by atoms with Crippen LogP contribution in [0.2, 0.25) is 0 Å². The maximum Gasteiger partial charge on any atom is 0.0456 e. The molecule has 0 spiro atoms. The van der Waals surface area contributed by atoms with Crippen LogP contribution in [0.25, 0.3) is 0 Å².